The number of ether oxygens (including phenoxy) is 1. The van der Waals surface area contributed by atoms with Crippen LogP contribution in [0.5, 0.6) is 5.75 Å². The van der Waals surface area contributed by atoms with Crippen LogP contribution in [0.4, 0.5) is 23.2 Å². The molecule has 9 nitrogen and oxygen atoms in total. The van der Waals surface area contributed by atoms with E-state index in [4.69, 9.17) is 15.1 Å². The first-order valence-corrected chi connectivity index (χ1v) is 10.5. The fourth-order valence-corrected chi connectivity index (χ4v) is 3.45. The number of aryl methyl sites for hydroxylation is 1. The number of nitrogens with one attached hydrogen (secondary N) is 1. The van der Waals surface area contributed by atoms with E-state index in [9.17, 15) is 35.9 Å². The first-order valence-electron chi connectivity index (χ1n) is 8.93. The third-order valence-corrected chi connectivity index (χ3v) is 5.43. The van der Waals surface area contributed by atoms with Gasteiger partial charge in [-0.1, -0.05) is 12.7 Å². The van der Waals surface area contributed by atoms with Crippen molar-refractivity contribution in [2.24, 2.45) is 12.2 Å². The summed E-state index contributed by atoms with van der Waals surface area (Å²) in [5.41, 5.74) is -4.18. The predicted molar refractivity (Wildman–Crippen MR) is 107 cm³/mol. The Labute approximate surface area is 185 Å². The number of anilines is 1. The topological polar surface area (TPSA) is 147 Å². The third kappa shape index (κ3) is 5.51. The Morgan fingerprint density at radius 3 is 2.58 bits per heavy atom. The van der Waals surface area contributed by atoms with Crippen LogP contribution in [0.25, 0.3) is 0 Å². The number of aliphatic hydroxyl groups is 1. The molecule has 1 atom stereocenters. The fourth-order valence-electron chi connectivity index (χ4n) is 2.73. The van der Waals surface area contributed by atoms with E-state index in [-0.39, 0.29) is 17.3 Å². The van der Waals surface area contributed by atoms with Crippen LogP contribution in [0, 0.1) is 17.1 Å². The second-order valence-electron chi connectivity index (χ2n) is 6.81. The van der Waals surface area contributed by atoms with Gasteiger partial charge in [0.05, 0.1) is 12.2 Å². The maximum Gasteiger partial charge on any atom is 0.420 e. The highest BCUT2D eigenvalue weighted by Crippen LogP contribution is 2.35. The highest BCUT2D eigenvalue weighted by atomic mass is 32.2. The minimum atomic E-state index is -5.08. The zero-order valence-electron chi connectivity index (χ0n) is 17.0. The van der Waals surface area contributed by atoms with Crippen LogP contribution in [-0.4, -0.2) is 42.4 Å². The Kier molecular flexibility index (Phi) is 7.22. The number of carbonyl (C=O) groups is 1. The lowest BCUT2D eigenvalue weighted by Gasteiger charge is -2.27. The summed E-state index contributed by atoms with van der Waals surface area (Å²) in [7, 11) is -3.23. The number of nitrogens with two attached hydrogens (primary N) is 1. The molecule has 0 radical (unpaired) electrons. The monoisotopic (exact) mass is 490 g/mol. The van der Waals surface area contributed by atoms with E-state index >= 15 is 0 Å². The quantitative estimate of drug-likeness (QED) is 0.382. The molecule has 2 rings (SSSR count). The molecular weight excluding hydrogens is 472 g/mol. The lowest BCUT2D eigenvalue weighted by molar-refractivity contribution is -0.243. The molecule has 178 valence electrons. The number of nitriles is 1. The smallest absolute Gasteiger partial charge is 0.420 e. The third-order valence-electron chi connectivity index (χ3n) is 4.53. The number of amides is 1. The molecule has 0 saturated carbocycles. The molecule has 1 amide bonds. The van der Waals surface area contributed by atoms with Gasteiger partial charge in [-0.2, -0.15) is 18.4 Å². The number of carbonyl (C=O) groups excluding carboxylic acids is 1. The van der Waals surface area contributed by atoms with Crippen molar-refractivity contribution in [3.8, 4) is 11.8 Å². The van der Waals surface area contributed by atoms with Crippen LogP contribution >= 0.6 is 0 Å². The molecule has 0 fully saturated rings. The minimum Gasteiger partial charge on any atom is -0.490 e. The standard InChI is InChI=1S/C19H18F4N4O5S/c1-3-18(29,19(21,22)23)6-7-32-16-14(33(25,30)31)10-27(2)15(16)17(28)26-12-4-5-13(20)11(8-12)9-24/h3-5,8,10,29H,1,6-7H2,2H3,(H,26,28)(H2,25,30,31). The van der Waals surface area contributed by atoms with Crippen molar-refractivity contribution in [1.29, 1.82) is 5.26 Å². The molecule has 1 aromatic carbocycles. The van der Waals surface area contributed by atoms with E-state index in [0.29, 0.717) is 0 Å². The van der Waals surface area contributed by atoms with Gasteiger partial charge >= 0.3 is 6.18 Å². The number of rotatable bonds is 8. The van der Waals surface area contributed by atoms with Crippen molar-refractivity contribution >= 4 is 21.6 Å². The van der Waals surface area contributed by atoms with Gasteiger partial charge in [0.1, 0.15) is 16.8 Å². The first-order chi connectivity index (χ1) is 15.1. The summed E-state index contributed by atoms with van der Waals surface area (Å²) in [5.74, 6) is -2.49. The number of benzene rings is 1. The largest absolute Gasteiger partial charge is 0.490 e. The average Bonchev–Trinajstić information content (AvgIpc) is 3.05. The Morgan fingerprint density at radius 1 is 1.42 bits per heavy atom. The Hall–Kier alpha value is -3.41. The number of hydrogen-bond donors (Lipinski definition) is 3. The lowest BCUT2D eigenvalue weighted by Crippen LogP contribution is -2.44. The molecule has 0 aliphatic carbocycles. The molecule has 0 aliphatic rings. The normalized spacial score (nSPS) is 13.6. The summed E-state index contributed by atoms with van der Waals surface area (Å²) >= 11 is 0. The Balaban J connectivity index is 2.41. The fraction of sp³-hybridized carbons (Fsp3) is 0.263. The molecule has 0 spiro atoms. The molecule has 0 bridgehead atoms. The van der Waals surface area contributed by atoms with E-state index < -0.39 is 62.9 Å². The molecule has 33 heavy (non-hydrogen) atoms. The van der Waals surface area contributed by atoms with Gasteiger partial charge in [0.2, 0.25) is 10.0 Å². The molecule has 14 heteroatoms. The molecule has 4 N–H and O–H groups in total. The van der Waals surface area contributed by atoms with Crippen LogP contribution in [0.1, 0.15) is 22.5 Å². The van der Waals surface area contributed by atoms with E-state index in [1.807, 2.05) is 0 Å². The van der Waals surface area contributed by atoms with Crippen molar-refractivity contribution in [2.45, 2.75) is 23.1 Å². The summed E-state index contributed by atoms with van der Waals surface area (Å²) in [6.45, 7) is 2.07. The summed E-state index contributed by atoms with van der Waals surface area (Å²) < 4.78 is 82.6. The van der Waals surface area contributed by atoms with Gasteiger partial charge in [0.15, 0.2) is 17.0 Å². The van der Waals surface area contributed by atoms with Gasteiger partial charge in [0, 0.05) is 25.4 Å². The van der Waals surface area contributed by atoms with Crippen LogP contribution in [0.2, 0.25) is 0 Å². The van der Waals surface area contributed by atoms with Crippen molar-refractivity contribution < 1.29 is 40.6 Å². The zero-order valence-corrected chi connectivity index (χ0v) is 17.8. The summed E-state index contributed by atoms with van der Waals surface area (Å²) in [6, 6.07) is 4.64. The number of nitrogens with zero attached hydrogens (tertiary/aromatic N) is 2. The zero-order chi connectivity index (χ0) is 25.2. The van der Waals surface area contributed by atoms with Crippen LogP contribution in [0.15, 0.2) is 41.9 Å². The maximum atomic E-state index is 13.5. The van der Waals surface area contributed by atoms with E-state index in [2.05, 4.69) is 11.9 Å². The summed E-state index contributed by atoms with van der Waals surface area (Å²) in [5, 5.41) is 26.0. The first kappa shape index (κ1) is 25.8. The average molecular weight is 490 g/mol. The predicted octanol–water partition coefficient (Wildman–Crippen LogP) is 2.18. The van der Waals surface area contributed by atoms with Gasteiger partial charge in [-0.25, -0.2) is 17.9 Å². The molecular formula is C19H18F4N4O5S. The van der Waals surface area contributed by atoms with Crippen LogP contribution in [0.3, 0.4) is 0 Å². The molecule has 1 heterocycles. The van der Waals surface area contributed by atoms with Gasteiger partial charge < -0.3 is 19.7 Å². The number of aromatic nitrogens is 1. The van der Waals surface area contributed by atoms with Gasteiger partial charge in [0.25, 0.3) is 5.91 Å². The van der Waals surface area contributed by atoms with Gasteiger partial charge in [-0.05, 0) is 18.2 Å². The molecule has 0 saturated heterocycles. The number of alkyl halides is 3. The second-order valence-corrected chi connectivity index (χ2v) is 8.34. The SMILES string of the molecule is C=CC(O)(CCOc1c(S(N)(=O)=O)cn(C)c1C(=O)Nc1ccc(F)c(C#N)c1)C(F)(F)F. The van der Waals surface area contributed by atoms with E-state index in [1.165, 1.54) is 7.05 Å². The number of sulfonamides is 1. The molecule has 2 aromatic rings. The summed E-state index contributed by atoms with van der Waals surface area (Å²) in [6.07, 6.45) is -4.98. The number of halogens is 4. The summed E-state index contributed by atoms with van der Waals surface area (Å²) in [4.78, 5) is 12.1. The number of hydrogen-bond acceptors (Lipinski definition) is 6. The van der Waals surface area contributed by atoms with Crippen LogP contribution in [-0.2, 0) is 17.1 Å². The maximum absolute atomic E-state index is 13.5. The lowest BCUT2D eigenvalue weighted by atomic mass is 10.00. The Morgan fingerprint density at radius 2 is 2.06 bits per heavy atom. The van der Waals surface area contributed by atoms with Gasteiger partial charge in [-0.3, -0.25) is 4.79 Å². The van der Waals surface area contributed by atoms with Crippen molar-refractivity contribution in [1.82, 2.24) is 4.57 Å². The number of primary sulfonamides is 1. The molecule has 1 aromatic heterocycles. The Bertz CT molecular complexity index is 1230. The highest BCUT2D eigenvalue weighted by molar-refractivity contribution is 7.89. The van der Waals surface area contributed by atoms with Crippen molar-refractivity contribution in [2.75, 3.05) is 11.9 Å². The van der Waals surface area contributed by atoms with Crippen molar-refractivity contribution in [3.63, 3.8) is 0 Å². The molecule has 1 unspecified atom stereocenters. The van der Waals surface area contributed by atoms with E-state index in [0.717, 1.165) is 29.0 Å². The van der Waals surface area contributed by atoms with Crippen molar-refractivity contribution in [3.05, 3.63) is 54.1 Å². The minimum absolute atomic E-state index is 0.0274. The highest BCUT2D eigenvalue weighted by Gasteiger charge is 2.51. The second kappa shape index (κ2) is 9.22. The van der Waals surface area contributed by atoms with E-state index in [1.54, 1.807) is 6.07 Å². The molecule has 0 aliphatic heterocycles. The van der Waals surface area contributed by atoms with Crippen LogP contribution < -0.4 is 15.2 Å². The van der Waals surface area contributed by atoms with Gasteiger partial charge in [-0.15, -0.1) is 0 Å².